The van der Waals surface area contributed by atoms with Crippen LogP contribution in [0.5, 0.6) is 0 Å². The summed E-state index contributed by atoms with van der Waals surface area (Å²) in [5, 5.41) is 2.80. The first-order chi connectivity index (χ1) is 12.7. The first kappa shape index (κ1) is 18.1. The standard InChI is InChI=1S/C20H24N4O2/c1-2-26-11-10-24-18-12-16(15-6-4-3-5-7-15)8-9-17(18)23-19(24)14-22-20(25)13-21/h3-9,12H,2,10-11,13-14,21H2,1H3,(H,22,25). The number of nitrogens with zero attached hydrogens (tertiary/aromatic N) is 2. The van der Waals surface area contributed by atoms with Crippen LogP contribution in [0, 0.1) is 0 Å². The molecule has 0 unspecified atom stereocenters. The van der Waals surface area contributed by atoms with Crippen molar-refractivity contribution in [3.05, 3.63) is 54.4 Å². The highest BCUT2D eigenvalue weighted by atomic mass is 16.5. The van der Waals surface area contributed by atoms with Gasteiger partial charge in [0.2, 0.25) is 5.91 Å². The van der Waals surface area contributed by atoms with Crippen LogP contribution in [-0.4, -0.2) is 35.2 Å². The van der Waals surface area contributed by atoms with Crippen molar-refractivity contribution in [2.45, 2.75) is 20.0 Å². The molecule has 0 aliphatic carbocycles. The van der Waals surface area contributed by atoms with Crippen LogP contribution < -0.4 is 11.1 Å². The molecule has 0 bridgehead atoms. The zero-order valence-electron chi connectivity index (χ0n) is 14.9. The average molecular weight is 352 g/mol. The molecule has 1 amide bonds. The summed E-state index contributed by atoms with van der Waals surface area (Å²) in [4.78, 5) is 16.2. The number of benzene rings is 2. The lowest BCUT2D eigenvalue weighted by Gasteiger charge is -2.10. The fourth-order valence-corrected chi connectivity index (χ4v) is 2.92. The maximum atomic E-state index is 11.5. The Labute approximate surface area is 153 Å². The van der Waals surface area contributed by atoms with Crippen molar-refractivity contribution in [3.63, 3.8) is 0 Å². The van der Waals surface area contributed by atoms with Crippen molar-refractivity contribution in [2.24, 2.45) is 5.73 Å². The summed E-state index contributed by atoms with van der Waals surface area (Å²) < 4.78 is 7.62. The van der Waals surface area contributed by atoms with Gasteiger partial charge in [0.25, 0.3) is 0 Å². The minimum Gasteiger partial charge on any atom is -0.380 e. The molecule has 136 valence electrons. The van der Waals surface area contributed by atoms with E-state index in [1.165, 1.54) is 0 Å². The number of nitrogens with one attached hydrogen (secondary N) is 1. The molecule has 0 spiro atoms. The van der Waals surface area contributed by atoms with E-state index in [1.807, 2.05) is 31.2 Å². The molecular formula is C20H24N4O2. The Morgan fingerprint density at radius 3 is 2.73 bits per heavy atom. The third kappa shape index (κ3) is 4.09. The lowest BCUT2D eigenvalue weighted by atomic mass is 10.1. The second-order valence-electron chi connectivity index (χ2n) is 5.93. The first-order valence-electron chi connectivity index (χ1n) is 8.82. The monoisotopic (exact) mass is 352 g/mol. The van der Waals surface area contributed by atoms with E-state index in [-0.39, 0.29) is 12.5 Å². The molecule has 1 aromatic heterocycles. The van der Waals surface area contributed by atoms with Crippen LogP contribution in [0.4, 0.5) is 0 Å². The molecule has 3 rings (SSSR count). The Balaban J connectivity index is 1.97. The van der Waals surface area contributed by atoms with Crippen molar-refractivity contribution in [2.75, 3.05) is 19.8 Å². The number of hydrogen-bond acceptors (Lipinski definition) is 4. The summed E-state index contributed by atoms with van der Waals surface area (Å²) >= 11 is 0. The Hall–Kier alpha value is -2.70. The third-order valence-corrected chi connectivity index (χ3v) is 4.23. The smallest absolute Gasteiger partial charge is 0.234 e. The Kier molecular flexibility index (Phi) is 5.99. The number of hydrogen-bond donors (Lipinski definition) is 2. The SMILES string of the molecule is CCOCCn1c(CNC(=O)CN)nc2ccc(-c3ccccc3)cc21. The van der Waals surface area contributed by atoms with Crippen LogP contribution in [0.25, 0.3) is 22.2 Å². The predicted octanol–water partition coefficient (Wildman–Crippen LogP) is 2.31. The van der Waals surface area contributed by atoms with Crippen molar-refractivity contribution in [1.82, 2.24) is 14.9 Å². The molecule has 0 saturated carbocycles. The second-order valence-corrected chi connectivity index (χ2v) is 5.93. The van der Waals surface area contributed by atoms with Crippen molar-refractivity contribution in [3.8, 4) is 11.1 Å². The predicted molar refractivity (Wildman–Crippen MR) is 103 cm³/mol. The number of aromatic nitrogens is 2. The van der Waals surface area contributed by atoms with Crippen LogP contribution in [0.2, 0.25) is 0 Å². The van der Waals surface area contributed by atoms with E-state index in [9.17, 15) is 4.79 Å². The van der Waals surface area contributed by atoms with Crippen molar-refractivity contribution < 1.29 is 9.53 Å². The maximum Gasteiger partial charge on any atom is 0.234 e. The van der Waals surface area contributed by atoms with Gasteiger partial charge in [-0.05, 0) is 30.2 Å². The van der Waals surface area contributed by atoms with Crippen LogP contribution in [0.15, 0.2) is 48.5 Å². The quantitative estimate of drug-likeness (QED) is 0.610. The fraction of sp³-hybridized carbons (Fsp3) is 0.300. The molecule has 2 aromatic carbocycles. The third-order valence-electron chi connectivity index (χ3n) is 4.23. The lowest BCUT2D eigenvalue weighted by molar-refractivity contribution is -0.119. The highest BCUT2D eigenvalue weighted by Crippen LogP contribution is 2.25. The van der Waals surface area contributed by atoms with Crippen LogP contribution in [-0.2, 0) is 22.6 Å². The van der Waals surface area contributed by atoms with Crippen molar-refractivity contribution >= 4 is 16.9 Å². The number of fused-ring (bicyclic) bond motifs is 1. The zero-order chi connectivity index (χ0) is 18.4. The summed E-state index contributed by atoms with van der Waals surface area (Å²) in [5.74, 6) is 0.602. The normalized spacial score (nSPS) is 11.0. The largest absolute Gasteiger partial charge is 0.380 e. The van der Waals surface area contributed by atoms with E-state index < -0.39 is 0 Å². The molecule has 1 heterocycles. The average Bonchev–Trinajstić information content (AvgIpc) is 3.04. The van der Waals surface area contributed by atoms with E-state index in [2.05, 4.69) is 39.1 Å². The van der Waals surface area contributed by atoms with E-state index >= 15 is 0 Å². The number of imidazole rings is 1. The zero-order valence-corrected chi connectivity index (χ0v) is 14.9. The molecule has 6 nitrogen and oxygen atoms in total. The minimum atomic E-state index is -0.196. The number of nitrogens with two attached hydrogens (primary N) is 1. The van der Waals surface area contributed by atoms with Gasteiger partial charge in [-0.25, -0.2) is 4.98 Å². The minimum absolute atomic E-state index is 0.0304. The molecular weight excluding hydrogens is 328 g/mol. The van der Waals surface area contributed by atoms with E-state index in [4.69, 9.17) is 10.5 Å². The first-order valence-corrected chi connectivity index (χ1v) is 8.82. The van der Waals surface area contributed by atoms with Gasteiger partial charge in [-0.1, -0.05) is 36.4 Å². The summed E-state index contributed by atoms with van der Waals surface area (Å²) in [5.41, 5.74) is 9.59. The van der Waals surface area contributed by atoms with E-state index in [1.54, 1.807) is 0 Å². The van der Waals surface area contributed by atoms with Gasteiger partial charge in [0.15, 0.2) is 0 Å². The number of rotatable bonds is 8. The molecule has 0 radical (unpaired) electrons. The van der Waals surface area contributed by atoms with Gasteiger partial charge in [-0.15, -0.1) is 0 Å². The lowest BCUT2D eigenvalue weighted by Crippen LogP contribution is -2.30. The van der Waals surface area contributed by atoms with Crippen LogP contribution >= 0.6 is 0 Å². The molecule has 0 saturated heterocycles. The van der Waals surface area contributed by atoms with Gasteiger partial charge in [0, 0.05) is 13.2 Å². The molecule has 0 atom stereocenters. The summed E-state index contributed by atoms with van der Waals surface area (Å²) in [6.45, 7) is 4.23. The van der Waals surface area contributed by atoms with E-state index in [0.717, 1.165) is 28.0 Å². The maximum absolute atomic E-state index is 11.5. The Morgan fingerprint density at radius 1 is 1.19 bits per heavy atom. The highest BCUT2D eigenvalue weighted by Gasteiger charge is 2.12. The molecule has 0 fully saturated rings. The summed E-state index contributed by atoms with van der Waals surface area (Å²) in [7, 11) is 0. The molecule has 26 heavy (non-hydrogen) atoms. The highest BCUT2D eigenvalue weighted by molar-refractivity contribution is 5.83. The Bertz CT molecular complexity index is 874. The van der Waals surface area contributed by atoms with Gasteiger partial charge in [0.05, 0.1) is 30.7 Å². The number of carbonyl (C=O) groups is 1. The number of amides is 1. The molecule has 0 aliphatic rings. The van der Waals surface area contributed by atoms with Crippen LogP contribution in [0.1, 0.15) is 12.7 Å². The van der Waals surface area contributed by atoms with Crippen LogP contribution in [0.3, 0.4) is 0 Å². The summed E-state index contributed by atoms with van der Waals surface area (Å²) in [6, 6.07) is 16.5. The molecule has 3 N–H and O–H groups in total. The van der Waals surface area contributed by atoms with Gasteiger partial charge in [0.1, 0.15) is 5.82 Å². The molecule has 3 aromatic rings. The molecule has 0 aliphatic heterocycles. The van der Waals surface area contributed by atoms with Gasteiger partial charge < -0.3 is 20.4 Å². The Morgan fingerprint density at radius 2 is 2.00 bits per heavy atom. The fourth-order valence-electron chi connectivity index (χ4n) is 2.92. The van der Waals surface area contributed by atoms with Gasteiger partial charge in [-0.2, -0.15) is 0 Å². The van der Waals surface area contributed by atoms with E-state index in [0.29, 0.717) is 26.3 Å². The van der Waals surface area contributed by atoms with Crippen molar-refractivity contribution in [1.29, 1.82) is 0 Å². The molecule has 6 heteroatoms. The van der Waals surface area contributed by atoms with Gasteiger partial charge in [-0.3, -0.25) is 4.79 Å². The summed E-state index contributed by atoms with van der Waals surface area (Å²) in [6.07, 6.45) is 0. The number of ether oxygens (including phenoxy) is 1. The second kappa shape index (κ2) is 8.60. The van der Waals surface area contributed by atoms with Gasteiger partial charge >= 0.3 is 0 Å². The number of carbonyl (C=O) groups excluding carboxylic acids is 1. The topological polar surface area (TPSA) is 82.2 Å².